The predicted octanol–water partition coefficient (Wildman–Crippen LogP) is 0.343. The lowest BCUT2D eigenvalue weighted by atomic mass is 9.97. The Labute approximate surface area is 124 Å². The second-order valence-corrected chi connectivity index (χ2v) is 4.88. The highest BCUT2D eigenvalue weighted by molar-refractivity contribution is 5.97. The van der Waals surface area contributed by atoms with Crippen molar-refractivity contribution in [2.24, 2.45) is 5.92 Å². The number of carboxylic acids is 1. The molecule has 0 aromatic carbocycles. The van der Waals surface area contributed by atoms with Crippen LogP contribution < -0.4 is 5.32 Å². The first-order valence-electron chi connectivity index (χ1n) is 6.94. The van der Waals surface area contributed by atoms with Gasteiger partial charge < -0.3 is 20.1 Å². The first-order valence-corrected chi connectivity index (χ1v) is 6.94. The van der Waals surface area contributed by atoms with Gasteiger partial charge >= 0.3 is 5.97 Å². The smallest absolute Gasteiger partial charge is 0.306 e. The monoisotopic (exact) mass is 295 g/mol. The molecular weight excluding hydrogens is 274 g/mol. The summed E-state index contributed by atoms with van der Waals surface area (Å²) in [4.78, 5) is 24.5. The maximum absolute atomic E-state index is 12.1. The maximum Gasteiger partial charge on any atom is 0.306 e. The molecule has 1 saturated heterocycles. The molecule has 2 N–H and O–H groups in total. The number of carbonyl (C=O) groups excluding carboxylic acids is 1. The lowest BCUT2D eigenvalue weighted by Gasteiger charge is -2.29. The van der Waals surface area contributed by atoms with E-state index < -0.39 is 11.9 Å². The third kappa shape index (κ3) is 5.44. The molecule has 0 aromatic rings. The van der Waals surface area contributed by atoms with Crippen molar-refractivity contribution in [3.05, 3.63) is 11.8 Å². The van der Waals surface area contributed by atoms with E-state index in [4.69, 9.17) is 15.1 Å². The molecule has 1 aliphatic rings. The second kappa shape index (κ2) is 8.97. The number of nitrogens with one attached hydrogen (secondary N) is 1. The van der Waals surface area contributed by atoms with Gasteiger partial charge in [-0.15, -0.1) is 0 Å². The van der Waals surface area contributed by atoms with E-state index >= 15 is 0 Å². The van der Waals surface area contributed by atoms with E-state index in [0.717, 1.165) is 6.42 Å². The lowest BCUT2D eigenvalue weighted by Crippen LogP contribution is -2.41. The van der Waals surface area contributed by atoms with Crippen LogP contribution in [-0.2, 0) is 14.3 Å². The van der Waals surface area contributed by atoms with Crippen LogP contribution in [0.2, 0.25) is 0 Å². The third-order valence-corrected chi connectivity index (χ3v) is 3.40. The topological polar surface area (TPSA) is 103 Å². The number of nitrogens with zero attached hydrogens (tertiary/aromatic N) is 2. The molecule has 1 aliphatic heterocycles. The Morgan fingerprint density at radius 3 is 2.67 bits per heavy atom. The number of nitriles is 1. The molecule has 116 valence electrons. The molecule has 1 heterocycles. The zero-order valence-corrected chi connectivity index (χ0v) is 12.2. The van der Waals surface area contributed by atoms with Crippen LogP contribution in [0.25, 0.3) is 0 Å². The van der Waals surface area contributed by atoms with Crippen molar-refractivity contribution in [2.75, 3.05) is 33.4 Å². The molecule has 7 nitrogen and oxygen atoms in total. The van der Waals surface area contributed by atoms with E-state index in [0.29, 0.717) is 39.1 Å². The Morgan fingerprint density at radius 1 is 1.48 bits per heavy atom. The van der Waals surface area contributed by atoms with Crippen molar-refractivity contribution < 1.29 is 19.4 Å². The van der Waals surface area contributed by atoms with Crippen molar-refractivity contribution in [2.45, 2.75) is 19.3 Å². The molecule has 7 heteroatoms. The van der Waals surface area contributed by atoms with E-state index in [-0.39, 0.29) is 11.5 Å². The van der Waals surface area contributed by atoms with Crippen LogP contribution in [0.3, 0.4) is 0 Å². The van der Waals surface area contributed by atoms with Gasteiger partial charge in [-0.05, 0) is 19.3 Å². The Hall–Kier alpha value is -2.07. The number of carbonyl (C=O) groups is 2. The molecule has 1 fully saturated rings. The Morgan fingerprint density at radius 2 is 2.14 bits per heavy atom. The highest BCUT2D eigenvalue weighted by atomic mass is 16.5. The standard InChI is InChI=1S/C14H21N3O4/c1-21-8-2-5-16-10-12(9-15)13(18)17-6-3-11(4-7-17)14(19)20/h10-11,16H,2-8H2,1H3,(H,19,20)/b12-10-. The van der Waals surface area contributed by atoms with Gasteiger partial charge in [-0.1, -0.05) is 0 Å². The highest BCUT2D eigenvalue weighted by Crippen LogP contribution is 2.18. The summed E-state index contributed by atoms with van der Waals surface area (Å²) in [5.41, 5.74) is 0.0428. The Bertz CT molecular complexity index is 434. The number of hydrogen-bond acceptors (Lipinski definition) is 5. The van der Waals surface area contributed by atoms with Gasteiger partial charge in [-0.2, -0.15) is 5.26 Å². The van der Waals surface area contributed by atoms with Gasteiger partial charge in [0, 0.05) is 39.6 Å². The van der Waals surface area contributed by atoms with E-state index in [1.807, 2.05) is 6.07 Å². The van der Waals surface area contributed by atoms with Crippen LogP contribution in [0, 0.1) is 17.2 Å². The van der Waals surface area contributed by atoms with Crippen molar-refractivity contribution in [1.29, 1.82) is 5.26 Å². The molecule has 21 heavy (non-hydrogen) atoms. The number of hydrogen-bond donors (Lipinski definition) is 2. The molecule has 0 unspecified atom stereocenters. The minimum absolute atomic E-state index is 0.0428. The number of aliphatic carboxylic acids is 1. The molecule has 1 amide bonds. The van der Waals surface area contributed by atoms with Gasteiger partial charge in [0.1, 0.15) is 11.6 Å². The zero-order valence-electron chi connectivity index (χ0n) is 12.2. The summed E-state index contributed by atoms with van der Waals surface area (Å²) in [6, 6.07) is 1.88. The number of likely N-dealkylation sites (tertiary alicyclic amines) is 1. The van der Waals surface area contributed by atoms with Crippen molar-refractivity contribution in [3.8, 4) is 6.07 Å². The van der Waals surface area contributed by atoms with Crippen LogP contribution in [0.1, 0.15) is 19.3 Å². The molecule has 1 rings (SSSR count). The first kappa shape index (κ1) is 17.0. The molecule has 0 spiro atoms. The van der Waals surface area contributed by atoms with Gasteiger partial charge in [-0.25, -0.2) is 0 Å². The van der Waals surface area contributed by atoms with Gasteiger partial charge in [0.25, 0.3) is 5.91 Å². The summed E-state index contributed by atoms with van der Waals surface area (Å²) < 4.78 is 4.90. The van der Waals surface area contributed by atoms with Crippen LogP contribution >= 0.6 is 0 Å². The van der Waals surface area contributed by atoms with Gasteiger partial charge in [0.05, 0.1) is 5.92 Å². The van der Waals surface area contributed by atoms with Crippen LogP contribution in [0.4, 0.5) is 0 Å². The molecular formula is C14H21N3O4. The van der Waals surface area contributed by atoms with Gasteiger partial charge in [-0.3, -0.25) is 9.59 Å². The summed E-state index contributed by atoms with van der Waals surface area (Å²) in [6.45, 7) is 1.98. The second-order valence-electron chi connectivity index (χ2n) is 4.88. The number of carboxylic acid groups (broad SMARTS) is 1. The first-order chi connectivity index (χ1) is 10.1. The van der Waals surface area contributed by atoms with Gasteiger partial charge in [0.15, 0.2) is 0 Å². The van der Waals surface area contributed by atoms with E-state index in [1.165, 1.54) is 11.1 Å². The van der Waals surface area contributed by atoms with Crippen LogP contribution in [-0.4, -0.2) is 55.2 Å². The number of methoxy groups -OCH3 is 1. The van der Waals surface area contributed by atoms with E-state index in [2.05, 4.69) is 5.32 Å². The fourth-order valence-electron chi connectivity index (χ4n) is 2.13. The summed E-state index contributed by atoms with van der Waals surface area (Å²) in [6.07, 6.45) is 3.06. The number of piperidine rings is 1. The summed E-state index contributed by atoms with van der Waals surface area (Å²) in [5, 5.41) is 20.9. The maximum atomic E-state index is 12.1. The number of ether oxygens (including phenoxy) is 1. The lowest BCUT2D eigenvalue weighted by molar-refractivity contribution is -0.145. The third-order valence-electron chi connectivity index (χ3n) is 3.40. The normalized spacial score (nSPS) is 16.4. The van der Waals surface area contributed by atoms with Crippen LogP contribution in [0.15, 0.2) is 11.8 Å². The zero-order chi connectivity index (χ0) is 15.7. The number of amides is 1. The van der Waals surface area contributed by atoms with Crippen molar-refractivity contribution in [3.63, 3.8) is 0 Å². The Kier molecular flexibility index (Phi) is 7.26. The van der Waals surface area contributed by atoms with E-state index in [1.54, 1.807) is 7.11 Å². The van der Waals surface area contributed by atoms with Gasteiger partial charge in [0.2, 0.25) is 0 Å². The quantitative estimate of drug-likeness (QED) is 0.399. The van der Waals surface area contributed by atoms with E-state index in [9.17, 15) is 9.59 Å². The van der Waals surface area contributed by atoms with Crippen LogP contribution in [0.5, 0.6) is 0 Å². The molecule has 0 aliphatic carbocycles. The molecule has 0 bridgehead atoms. The summed E-state index contributed by atoms with van der Waals surface area (Å²) in [7, 11) is 1.61. The van der Waals surface area contributed by atoms with Crippen molar-refractivity contribution >= 4 is 11.9 Å². The summed E-state index contributed by atoms with van der Waals surface area (Å²) >= 11 is 0. The highest BCUT2D eigenvalue weighted by Gasteiger charge is 2.28. The molecule has 0 radical (unpaired) electrons. The average Bonchev–Trinajstić information content (AvgIpc) is 2.50. The fraction of sp³-hybridized carbons (Fsp3) is 0.643. The largest absolute Gasteiger partial charge is 0.481 e. The predicted molar refractivity (Wildman–Crippen MR) is 75.1 cm³/mol. The minimum Gasteiger partial charge on any atom is -0.481 e. The minimum atomic E-state index is -0.821. The Balaban J connectivity index is 2.46. The SMILES string of the molecule is COCCCN/C=C(/C#N)C(=O)N1CCC(C(=O)O)CC1. The summed E-state index contributed by atoms with van der Waals surface area (Å²) in [5.74, 6) is -1.56. The number of rotatable bonds is 7. The average molecular weight is 295 g/mol. The van der Waals surface area contributed by atoms with Crippen molar-refractivity contribution in [1.82, 2.24) is 10.2 Å². The molecule has 0 aromatic heterocycles. The molecule has 0 saturated carbocycles. The molecule has 0 atom stereocenters. The fourth-order valence-corrected chi connectivity index (χ4v) is 2.13.